The van der Waals surface area contributed by atoms with Gasteiger partial charge in [-0.25, -0.2) is 0 Å². The zero-order valence-electron chi connectivity index (χ0n) is 21.5. The quantitative estimate of drug-likeness (QED) is 0.374. The molecule has 208 valence electrons. The molecule has 0 heterocycles. The molecule has 1 N–H and O–H groups in total. The highest BCUT2D eigenvalue weighted by Gasteiger charge is 2.66. The van der Waals surface area contributed by atoms with Crippen molar-refractivity contribution in [2.45, 2.75) is 83.8 Å². The number of halogens is 2. The summed E-state index contributed by atoms with van der Waals surface area (Å²) in [6, 6.07) is 0. The third-order valence-electron chi connectivity index (χ3n) is 10.5. The van der Waals surface area contributed by atoms with E-state index in [1.807, 2.05) is 13.8 Å². The fourth-order valence-electron chi connectivity index (χ4n) is 8.25. The van der Waals surface area contributed by atoms with Crippen molar-refractivity contribution in [1.29, 1.82) is 0 Å². The van der Waals surface area contributed by atoms with Crippen LogP contribution in [-0.2, 0) is 34.0 Å². The Labute approximate surface area is 216 Å². The summed E-state index contributed by atoms with van der Waals surface area (Å²) >= 11 is 0. The Morgan fingerprint density at radius 3 is 2.46 bits per heavy atom. The molecule has 4 aliphatic carbocycles. The van der Waals surface area contributed by atoms with E-state index < -0.39 is 33.4 Å². The Hall–Kier alpha value is -1.75. The van der Waals surface area contributed by atoms with Gasteiger partial charge in [-0.15, -0.1) is 0 Å². The SMILES string of the molecule is CC(CCC(=O)OCC(F)(F)S(=O)(=O)O)C1CCC2C3C(=O)CC4CC(=O)CCC4(C)C3CC(=O)C12C. The number of hydrogen-bond acceptors (Lipinski definition) is 7. The van der Waals surface area contributed by atoms with E-state index in [1.54, 1.807) is 0 Å². The summed E-state index contributed by atoms with van der Waals surface area (Å²) in [5, 5.41) is -4.58. The molecule has 0 aromatic rings. The van der Waals surface area contributed by atoms with Crippen LogP contribution < -0.4 is 0 Å². The number of hydrogen-bond donors (Lipinski definition) is 1. The average Bonchev–Trinajstić information content (AvgIpc) is 3.16. The minimum atomic E-state index is -5.69. The average molecular weight is 547 g/mol. The first-order chi connectivity index (χ1) is 17.0. The van der Waals surface area contributed by atoms with Crippen LogP contribution in [0.1, 0.15) is 78.6 Å². The molecule has 0 amide bonds. The van der Waals surface area contributed by atoms with Gasteiger partial charge in [-0.2, -0.15) is 17.2 Å². The fraction of sp³-hybridized carbons (Fsp3) is 0.846. The maximum Gasteiger partial charge on any atom is 0.402 e. The largest absolute Gasteiger partial charge is 0.458 e. The lowest BCUT2D eigenvalue weighted by Gasteiger charge is -2.58. The molecule has 8 nitrogen and oxygen atoms in total. The second-order valence-corrected chi connectivity index (χ2v) is 13.8. The van der Waals surface area contributed by atoms with E-state index in [2.05, 4.69) is 11.7 Å². The minimum Gasteiger partial charge on any atom is -0.458 e. The lowest BCUT2D eigenvalue weighted by atomic mass is 9.44. The molecule has 0 spiro atoms. The molecule has 37 heavy (non-hydrogen) atoms. The van der Waals surface area contributed by atoms with E-state index in [1.165, 1.54) is 0 Å². The molecule has 0 aromatic heterocycles. The fourth-order valence-corrected chi connectivity index (χ4v) is 8.46. The standard InChI is InChI=1S/C26H36F2O8S/c1-14(4-7-22(32)36-13-26(27,28)37(33,34)35)17-5-6-18-23-19(12-21(31)25(17,18)3)24(2)9-8-16(29)10-15(24)11-20(23)30/h14-15,17-19,23H,4-13H2,1-3H3,(H,33,34,35). The van der Waals surface area contributed by atoms with Crippen LogP contribution in [0.5, 0.6) is 0 Å². The maximum atomic E-state index is 13.8. The molecule has 8 atom stereocenters. The number of carbonyl (C=O) groups is 4. The number of carbonyl (C=O) groups excluding carboxylic acids is 4. The van der Waals surface area contributed by atoms with E-state index in [4.69, 9.17) is 4.55 Å². The monoisotopic (exact) mass is 546 g/mol. The van der Waals surface area contributed by atoms with Gasteiger partial charge in [0.2, 0.25) is 0 Å². The van der Waals surface area contributed by atoms with Crippen LogP contribution in [-0.4, -0.2) is 48.2 Å². The van der Waals surface area contributed by atoms with Gasteiger partial charge in [0, 0.05) is 43.4 Å². The van der Waals surface area contributed by atoms with Crippen molar-refractivity contribution in [1.82, 2.24) is 0 Å². The molecule has 11 heteroatoms. The highest BCUT2D eigenvalue weighted by molar-refractivity contribution is 7.86. The van der Waals surface area contributed by atoms with E-state index in [0.717, 1.165) is 6.42 Å². The minimum absolute atomic E-state index is 0.00464. The van der Waals surface area contributed by atoms with Gasteiger partial charge in [0.25, 0.3) is 0 Å². The van der Waals surface area contributed by atoms with Gasteiger partial charge in [-0.05, 0) is 60.7 Å². The van der Waals surface area contributed by atoms with Crippen LogP contribution in [0.25, 0.3) is 0 Å². The number of esters is 1. The molecule has 0 aromatic carbocycles. The van der Waals surface area contributed by atoms with Crippen LogP contribution >= 0.6 is 0 Å². The Kier molecular flexibility index (Phi) is 7.23. The van der Waals surface area contributed by atoms with Gasteiger partial charge in [0.05, 0.1) is 0 Å². The van der Waals surface area contributed by atoms with Crippen molar-refractivity contribution < 1.29 is 45.7 Å². The number of alkyl halides is 2. The Balaban J connectivity index is 1.44. The number of ketones is 3. The van der Waals surface area contributed by atoms with Crippen LogP contribution in [0.15, 0.2) is 0 Å². The predicted octanol–water partition coefficient (Wildman–Crippen LogP) is 4.01. The third kappa shape index (κ3) is 4.68. The van der Waals surface area contributed by atoms with Crippen LogP contribution in [0, 0.1) is 46.3 Å². The molecule has 4 fully saturated rings. The molecule has 0 bridgehead atoms. The second kappa shape index (κ2) is 9.47. The zero-order valence-corrected chi connectivity index (χ0v) is 22.3. The van der Waals surface area contributed by atoms with Gasteiger partial charge in [-0.1, -0.05) is 20.8 Å². The first-order valence-electron chi connectivity index (χ1n) is 13.1. The molecule has 0 saturated heterocycles. The highest BCUT2D eigenvalue weighted by atomic mass is 32.2. The second-order valence-electron chi connectivity index (χ2n) is 12.2. The maximum absolute atomic E-state index is 13.8. The zero-order chi connectivity index (χ0) is 27.6. The molecular formula is C26H36F2O8S. The van der Waals surface area contributed by atoms with Crippen molar-refractivity contribution >= 4 is 33.4 Å². The van der Waals surface area contributed by atoms with Crippen molar-refractivity contribution in [2.75, 3.05) is 6.61 Å². The van der Waals surface area contributed by atoms with Crippen LogP contribution in [0.2, 0.25) is 0 Å². The van der Waals surface area contributed by atoms with Crippen LogP contribution in [0.4, 0.5) is 8.78 Å². The van der Waals surface area contributed by atoms with Gasteiger partial charge >= 0.3 is 21.3 Å². The molecule has 4 aliphatic rings. The Morgan fingerprint density at radius 1 is 1.14 bits per heavy atom. The van der Waals surface area contributed by atoms with Crippen molar-refractivity contribution in [3.05, 3.63) is 0 Å². The lowest BCUT2D eigenvalue weighted by Crippen LogP contribution is -2.60. The summed E-state index contributed by atoms with van der Waals surface area (Å²) in [7, 11) is -5.69. The van der Waals surface area contributed by atoms with Gasteiger partial charge < -0.3 is 4.74 Å². The third-order valence-corrected chi connectivity index (χ3v) is 11.4. The van der Waals surface area contributed by atoms with E-state index >= 15 is 0 Å². The van der Waals surface area contributed by atoms with E-state index in [0.29, 0.717) is 38.5 Å². The summed E-state index contributed by atoms with van der Waals surface area (Å²) in [6.07, 6.45) is 3.73. The Bertz CT molecular complexity index is 1100. The first kappa shape index (κ1) is 28.3. The van der Waals surface area contributed by atoms with Gasteiger partial charge in [-0.3, -0.25) is 23.7 Å². The smallest absolute Gasteiger partial charge is 0.402 e. The number of ether oxygens (including phenoxy) is 1. The van der Waals surface area contributed by atoms with Crippen LogP contribution in [0.3, 0.4) is 0 Å². The topological polar surface area (TPSA) is 132 Å². The van der Waals surface area contributed by atoms with E-state index in [-0.39, 0.29) is 71.1 Å². The summed E-state index contributed by atoms with van der Waals surface area (Å²) < 4.78 is 61.0. The summed E-state index contributed by atoms with van der Waals surface area (Å²) in [5.41, 5.74) is -0.938. The number of Topliss-reactive ketones (excluding diaryl/α,β-unsaturated/α-hetero) is 3. The summed E-state index contributed by atoms with van der Waals surface area (Å²) in [4.78, 5) is 51.3. The molecule has 4 saturated carbocycles. The number of rotatable bonds is 7. The molecular weight excluding hydrogens is 510 g/mol. The molecule has 4 rings (SSSR count). The number of fused-ring (bicyclic) bond motifs is 5. The first-order valence-corrected chi connectivity index (χ1v) is 14.5. The summed E-state index contributed by atoms with van der Waals surface area (Å²) in [6.45, 7) is 4.21. The van der Waals surface area contributed by atoms with Crippen molar-refractivity contribution in [3.8, 4) is 0 Å². The molecule has 8 unspecified atom stereocenters. The predicted molar refractivity (Wildman–Crippen MR) is 127 cm³/mol. The molecule has 0 aliphatic heterocycles. The molecule has 0 radical (unpaired) electrons. The Morgan fingerprint density at radius 2 is 1.81 bits per heavy atom. The highest BCUT2D eigenvalue weighted by Crippen LogP contribution is 2.66. The van der Waals surface area contributed by atoms with Crippen molar-refractivity contribution in [3.63, 3.8) is 0 Å². The van der Waals surface area contributed by atoms with E-state index in [9.17, 15) is 36.4 Å². The van der Waals surface area contributed by atoms with Gasteiger partial charge in [0.15, 0.2) is 6.61 Å². The lowest BCUT2D eigenvalue weighted by molar-refractivity contribution is -0.166. The summed E-state index contributed by atoms with van der Waals surface area (Å²) in [5.74, 6) is -1.17. The normalized spacial score (nSPS) is 39.0. The van der Waals surface area contributed by atoms with Gasteiger partial charge in [0.1, 0.15) is 17.3 Å². The van der Waals surface area contributed by atoms with Crippen molar-refractivity contribution in [2.24, 2.45) is 46.3 Å².